The van der Waals surface area contributed by atoms with E-state index in [1.54, 1.807) is 23.1 Å². The van der Waals surface area contributed by atoms with Crippen LogP contribution in [0.2, 0.25) is 10.0 Å². The van der Waals surface area contributed by atoms with Crippen LogP contribution in [0.25, 0.3) is 0 Å². The molecule has 0 aliphatic rings. The van der Waals surface area contributed by atoms with Crippen LogP contribution in [0, 0.1) is 0 Å². The highest BCUT2D eigenvalue weighted by Crippen LogP contribution is 2.31. The van der Waals surface area contributed by atoms with Crippen molar-refractivity contribution in [3.63, 3.8) is 0 Å². The van der Waals surface area contributed by atoms with Crippen molar-refractivity contribution < 1.29 is 14.3 Å². The predicted octanol–water partition coefficient (Wildman–Crippen LogP) is 7.15. The molecule has 0 unspecified atom stereocenters. The Bertz CT molecular complexity index is 1040. The molecule has 0 saturated heterocycles. The molecule has 0 saturated carbocycles. The quantitative estimate of drug-likeness (QED) is 0.322. The summed E-state index contributed by atoms with van der Waals surface area (Å²) in [5.74, 6) is 0.0814. The third-order valence-electron chi connectivity index (χ3n) is 5.87. The van der Waals surface area contributed by atoms with Gasteiger partial charge in [0, 0.05) is 12.6 Å². The van der Waals surface area contributed by atoms with E-state index >= 15 is 0 Å². The molecule has 2 aromatic carbocycles. The van der Waals surface area contributed by atoms with Gasteiger partial charge in [0.1, 0.15) is 11.8 Å². The zero-order valence-electron chi connectivity index (χ0n) is 21.3. The van der Waals surface area contributed by atoms with E-state index in [1.165, 1.54) is 0 Å². The van der Waals surface area contributed by atoms with Crippen LogP contribution in [0.3, 0.4) is 0 Å². The van der Waals surface area contributed by atoms with Crippen molar-refractivity contribution in [1.29, 1.82) is 0 Å². The van der Waals surface area contributed by atoms with Crippen molar-refractivity contribution in [2.75, 3.05) is 6.61 Å². The van der Waals surface area contributed by atoms with E-state index in [-0.39, 0.29) is 36.4 Å². The number of halogens is 3. The maximum atomic E-state index is 13.4. The van der Waals surface area contributed by atoms with Crippen molar-refractivity contribution in [2.24, 2.45) is 0 Å². The zero-order chi connectivity index (χ0) is 26.3. The van der Waals surface area contributed by atoms with Crippen LogP contribution < -0.4 is 10.1 Å². The minimum absolute atomic E-state index is 0.00650. The molecule has 0 fully saturated rings. The Labute approximate surface area is 227 Å². The standard InChI is InChI=1S/C27H35BrCl2N2O3/c1-7-17(3)31-26(34)23(8-2)32(15-18-9-11-21(29)22(30)13-18)25(33)16-35-24-12-10-19(14-20(24)28)27(4,5)6/h9-14,17,23H,7-8,15-16H2,1-6H3,(H,31,34)/t17-,23-/m1/s1. The first-order valence-corrected chi connectivity index (χ1v) is 13.4. The summed E-state index contributed by atoms with van der Waals surface area (Å²) in [6.07, 6.45) is 1.25. The largest absolute Gasteiger partial charge is 0.483 e. The second-order valence-corrected chi connectivity index (χ2v) is 11.4. The first-order chi connectivity index (χ1) is 16.4. The van der Waals surface area contributed by atoms with Gasteiger partial charge in [-0.25, -0.2) is 0 Å². The number of amides is 2. The fourth-order valence-corrected chi connectivity index (χ4v) is 4.32. The van der Waals surface area contributed by atoms with Gasteiger partial charge in [-0.15, -0.1) is 0 Å². The number of carbonyl (C=O) groups excluding carboxylic acids is 2. The summed E-state index contributed by atoms with van der Waals surface area (Å²) in [6, 6.07) is 10.4. The topological polar surface area (TPSA) is 58.6 Å². The van der Waals surface area contributed by atoms with Crippen molar-refractivity contribution in [3.05, 3.63) is 62.0 Å². The summed E-state index contributed by atoms with van der Waals surface area (Å²) >= 11 is 15.8. The number of hydrogen-bond acceptors (Lipinski definition) is 3. The van der Waals surface area contributed by atoms with Crippen LogP contribution in [-0.2, 0) is 21.5 Å². The van der Waals surface area contributed by atoms with Crippen LogP contribution in [-0.4, -0.2) is 35.4 Å². The minimum Gasteiger partial charge on any atom is -0.483 e. The molecule has 0 aliphatic carbocycles. The fraction of sp³-hybridized carbons (Fsp3) is 0.481. The number of rotatable bonds is 10. The molecule has 0 aliphatic heterocycles. The van der Waals surface area contributed by atoms with E-state index in [9.17, 15) is 9.59 Å². The maximum Gasteiger partial charge on any atom is 0.261 e. The van der Waals surface area contributed by atoms with E-state index in [4.69, 9.17) is 27.9 Å². The molecule has 35 heavy (non-hydrogen) atoms. The zero-order valence-corrected chi connectivity index (χ0v) is 24.4. The minimum atomic E-state index is -0.652. The molecule has 2 atom stereocenters. The average Bonchev–Trinajstić information content (AvgIpc) is 2.79. The van der Waals surface area contributed by atoms with Gasteiger partial charge >= 0.3 is 0 Å². The Morgan fingerprint density at radius 1 is 1.06 bits per heavy atom. The number of nitrogens with one attached hydrogen (secondary N) is 1. The van der Waals surface area contributed by atoms with Crippen LogP contribution in [0.15, 0.2) is 40.9 Å². The fourth-order valence-electron chi connectivity index (χ4n) is 3.50. The molecule has 0 aromatic heterocycles. The van der Waals surface area contributed by atoms with Crippen molar-refractivity contribution >= 4 is 50.9 Å². The second kappa shape index (κ2) is 13.0. The number of benzene rings is 2. The lowest BCUT2D eigenvalue weighted by atomic mass is 9.87. The molecule has 2 aromatic rings. The summed E-state index contributed by atoms with van der Waals surface area (Å²) in [4.78, 5) is 28.0. The normalized spacial score (nSPS) is 13.2. The summed E-state index contributed by atoms with van der Waals surface area (Å²) in [6.45, 7) is 12.2. The predicted molar refractivity (Wildman–Crippen MR) is 147 cm³/mol. The molecule has 5 nitrogen and oxygen atoms in total. The van der Waals surface area contributed by atoms with Crippen LogP contribution in [0.1, 0.15) is 65.5 Å². The van der Waals surface area contributed by atoms with Gasteiger partial charge in [0.2, 0.25) is 5.91 Å². The molecule has 2 amide bonds. The highest BCUT2D eigenvalue weighted by atomic mass is 79.9. The smallest absolute Gasteiger partial charge is 0.261 e. The van der Waals surface area contributed by atoms with E-state index in [0.717, 1.165) is 22.0 Å². The maximum absolute atomic E-state index is 13.4. The highest BCUT2D eigenvalue weighted by Gasteiger charge is 2.30. The molecule has 0 bridgehead atoms. The number of nitrogens with zero attached hydrogens (tertiary/aromatic N) is 1. The molecular weight excluding hydrogens is 551 g/mol. The Balaban J connectivity index is 2.27. The van der Waals surface area contributed by atoms with Crippen molar-refractivity contribution in [2.45, 2.75) is 78.4 Å². The summed E-state index contributed by atoms with van der Waals surface area (Å²) in [7, 11) is 0. The lowest BCUT2D eigenvalue weighted by molar-refractivity contribution is -0.143. The highest BCUT2D eigenvalue weighted by molar-refractivity contribution is 9.10. The Hall–Kier alpha value is -1.76. The Morgan fingerprint density at radius 2 is 1.74 bits per heavy atom. The van der Waals surface area contributed by atoms with Crippen LogP contribution in [0.5, 0.6) is 5.75 Å². The van der Waals surface area contributed by atoms with Crippen molar-refractivity contribution in [1.82, 2.24) is 10.2 Å². The van der Waals surface area contributed by atoms with Gasteiger partial charge < -0.3 is 15.0 Å². The van der Waals surface area contributed by atoms with E-state index in [1.807, 2.05) is 39.0 Å². The van der Waals surface area contributed by atoms with Gasteiger partial charge in [0.25, 0.3) is 5.91 Å². The molecule has 0 radical (unpaired) electrons. The summed E-state index contributed by atoms with van der Waals surface area (Å²) in [5, 5.41) is 3.83. The van der Waals surface area contributed by atoms with E-state index in [2.05, 4.69) is 42.0 Å². The van der Waals surface area contributed by atoms with Gasteiger partial charge in [0.15, 0.2) is 6.61 Å². The van der Waals surface area contributed by atoms with E-state index in [0.29, 0.717) is 22.2 Å². The van der Waals surface area contributed by atoms with Gasteiger partial charge in [-0.2, -0.15) is 0 Å². The van der Waals surface area contributed by atoms with Gasteiger partial charge in [0.05, 0.1) is 14.5 Å². The molecule has 2 rings (SSSR count). The summed E-state index contributed by atoms with van der Waals surface area (Å²) in [5.41, 5.74) is 1.92. The third-order valence-corrected chi connectivity index (χ3v) is 7.23. The van der Waals surface area contributed by atoms with Crippen LogP contribution >= 0.6 is 39.1 Å². The number of carbonyl (C=O) groups is 2. The second-order valence-electron chi connectivity index (χ2n) is 9.70. The lowest BCUT2D eigenvalue weighted by Crippen LogP contribution is -2.51. The van der Waals surface area contributed by atoms with Crippen molar-refractivity contribution in [3.8, 4) is 5.75 Å². The van der Waals surface area contributed by atoms with Gasteiger partial charge in [-0.1, -0.05) is 70.0 Å². The molecular formula is C27H35BrCl2N2O3. The van der Waals surface area contributed by atoms with Gasteiger partial charge in [-0.05, 0) is 76.5 Å². The third kappa shape index (κ3) is 8.40. The molecule has 8 heteroatoms. The first-order valence-electron chi connectivity index (χ1n) is 11.8. The van der Waals surface area contributed by atoms with Gasteiger partial charge in [-0.3, -0.25) is 9.59 Å². The first kappa shape index (κ1) is 29.5. The van der Waals surface area contributed by atoms with Crippen LogP contribution in [0.4, 0.5) is 0 Å². The average molecular weight is 586 g/mol. The Kier molecular flexibility index (Phi) is 10.9. The SMILES string of the molecule is CC[C@@H](C)NC(=O)[C@@H](CC)N(Cc1ccc(Cl)c(Cl)c1)C(=O)COc1ccc(C(C)(C)C)cc1Br. The molecule has 0 spiro atoms. The lowest BCUT2D eigenvalue weighted by Gasteiger charge is -2.31. The number of hydrogen-bond donors (Lipinski definition) is 1. The monoisotopic (exact) mass is 584 g/mol. The number of ether oxygens (including phenoxy) is 1. The molecule has 0 heterocycles. The molecule has 1 N–H and O–H groups in total. The molecule has 192 valence electrons. The van der Waals surface area contributed by atoms with E-state index < -0.39 is 6.04 Å². The summed E-state index contributed by atoms with van der Waals surface area (Å²) < 4.78 is 6.66. The Morgan fingerprint density at radius 3 is 2.29 bits per heavy atom.